The van der Waals surface area contributed by atoms with Crippen molar-refractivity contribution in [3.63, 3.8) is 0 Å². The number of likely N-dealkylation sites (tertiary alicyclic amines) is 1. The van der Waals surface area contributed by atoms with Crippen LogP contribution in [0.4, 0.5) is 4.79 Å². The molecule has 2 saturated heterocycles. The van der Waals surface area contributed by atoms with Crippen molar-refractivity contribution < 1.29 is 14.4 Å². The molecule has 7 nitrogen and oxygen atoms in total. The van der Waals surface area contributed by atoms with Gasteiger partial charge in [-0.3, -0.25) is 19.5 Å². The monoisotopic (exact) mass is 468 g/mol. The van der Waals surface area contributed by atoms with Gasteiger partial charge in [0.1, 0.15) is 0 Å². The van der Waals surface area contributed by atoms with Crippen LogP contribution in [0.1, 0.15) is 50.0 Å². The summed E-state index contributed by atoms with van der Waals surface area (Å²) in [5, 5.41) is 5.06. The van der Waals surface area contributed by atoms with Crippen LogP contribution in [0.15, 0.2) is 42.0 Å². The zero-order valence-corrected chi connectivity index (χ0v) is 20.1. The Morgan fingerprint density at radius 3 is 2.70 bits per heavy atom. The molecule has 2 atom stereocenters. The number of urea groups is 1. The molecule has 2 aromatic heterocycles. The Balaban J connectivity index is 1.53. The van der Waals surface area contributed by atoms with Crippen LogP contribution in [0.5, 0.6) is 0 Å². The third-order valence-electron chi connectivity index (χ3n) is 7.09. The van der Waals surface area contributed by atoms with Crippen molar-refractivity contribution in [2.75, 3.05) is 19.6 Å². The molecule has 4 amide bonds. The zero-order chi connectivity index (χ0) is 23.4. The third-order valence-corrected chi connectivity index (χ3v) is 8.03. The highest BCUT2D eigenvalue weighted by molar-refractivity contribution is 7.09. The van der Waals surface area contributed by atoms with Gasteiger partial charge >= 0.3 is 6.03 Å². The lowest BCUT2D eigenvalue weighted by Gasteiger charge is -2.41. The summed E-state index contributed by atoms with van der Waals surface area (Å²) in [6.07, 6.45) is 6.85. The molecule has 2 aromatic rings. The quantitative estimate of drug-likeness (QED) is 0.598. The van der Waals surface area contributed by atoms with Crippen LogP contribution in [-0.2, 0) is 21.5 Å². The number of carbonyl (C=O) groups excluding carboxylic acids is 3. The smallest absolute Gasteiger partial charge is 0.325 e. The number of thiophene rings is 1. The topological polar surface area (TPSA) is 82.6 Å². The van der Waals surface area contributed by atoms with Gasteiger partial charge in [-0.15, -0.1) is 11.3 Å². The van der Waals surface area contributed by atoms with Gasteiger partial charge in [-0.1, -0.05) is 32.4 Å². The van der Waals surface area contributed by atoms with Crippen LogP contribution >= 0.6 is 11.3 Å². The fourth-order valence-electron chi connectivity index (χ4n) is 4.91. The molecule has 0 unspecified atom stereocenters. The molecule has 176 valence electrons. The summed E-state index contributed by atoms with van der Waals surface area (Å²) in [5.74, 6) is 0.237. The number of nitrogens with one attached hydrogen (secondary N) is 1. The summed E-state index contributed by atoms with van der Waals surface area (Å²) in [6.45, 7) is 5.74. The lowest BCUT2D eigenvalue weighted by Crippen LogP contribution is -2.54. The second-order valence-corrected chi connectivity index (χ2v) is 10.2. The van der Waals surface area contributed by atoms with Crippen LogP contribution in [0.2, 0.25) is 0 Å². The number of nitrogens with zero attached hydrogens (tertiary/aromatic N) is 3. The maximum absolute atomic E-state index is 13.8. The predicted molar refractivity (Wildman–Crippen MR) is 128 cm³/mol. The Bertz CT molecular complexity index is 973. The molecule has 0 spiro atoms. The highest BCUT2D eigenvalue weighted by Crippen LogP contribution is 2.41. The average Bonchev–Trinajstić information content (AvgIpc) is 3.45. The number of aromatic nitrogens is 1. The number of rotatable bonds is 8. The molecule has 0 bridgehead atoms. The van der Waals surface area contributed by atoms with E-state index in [-0.39, 0.29) is 23.8 Å². The van der Waals surface area contributed by atoms with Crippen molar-refractivity contribution in [2.45, 2.75) is 51.5 Å². The number of piperidine rings is 1. The minimum Gasteiger partial charge on any atom is -0.343 e. The van der Waals surface area contributed by atoms with Crippen molar-refractivity contribution in [1.29, 1.82) is 0 Å². The molecule has 2 fully saturated rings. The Morgan fingerprint density at radius 2 is 2.06 bits per heavy atom. The SMILES string of the molecule is CC[C@H](C)CC(=O)N1CCC([C@@]2(c3cccnc3)NC(=O)N(CCc3cccs3)C2=O)CC1. The van der Waals surface area contributed by atoms with E-state index in [2.05, 4.69) is 24.1 Å². The molecule has 0 aromatic carbocycles. The Hall–Kier alpha value is -2.74. The average molecular weight is 469 g/mol. The molecule has 2 aliphatic rings. The van der Waals surface area contributed by atoms with Crippen LogP contribution < -0.4 is 5.32 Å². The molecular weight excluding hydrogens is 436 g/mol. The van der Waals surface area contributed by atoms with Crippen molar-refractivity contribution in [3.05, 3.63) is 52.5 Å². The van der Waals surface area contributed by atoms with Gasteiger partial charge in [0.15, 0.2) is 5.54 Å². The van der Waals surface area contributed by atoms with E-state index >= 15 is 0 Å². The third kappa shape index (κ3) is 4.67. The maximum atomic E-state index is 13.8. The maximum Gasteiger partial charge on any atom is 0.325 e. The molecule has 8 heteroatoms. The van der Waals surface area contributed by atoms with Gasteiger partial charge in [0.25, 0.3) is 5.91 Å². The number of hydrogen-bond donors (Lipinski definition) is 1. The fourth-order valence-corrected chi connectivity index (χ4v) is 5.61. The minimum absolute atomic E-state index is 0.0995. The van der Waals surface area contributed by atoms with Crippen LogP contribution in [0, 0.1) is 11.8 Å². The summed E-state index contributed by atoms with van der Waals surface area (Å²) in [7, 11) is 0. The van der Waals surface area contributed by atoms with Gasteiger partial charge in [0, 0.05) is 48.9 Å². The van der Waals surface area contributed by atoms with Gasteiger partial charge in [0.2, 0.25) is 5.91 Å². The normalized spacial score (nSPS) is 22.5. The largest absolute Gasteiger partial charge is 0.343 e. The molecule has 2 aliphatic heterocycles. The second kappa shape index (κ2) is 10.0. The van der Waals surface area contributed by atoms with Crippen molar-refractivity contribution in [2.24, 2.45) is 11.8 Å². The van der Waals surface area contributed by atoms with Gasteiger partial charge in [0.05, 0.1) is 0 Å². The molecule has 0 saturated carbocycles. The van der Waals surface area contributed by atoms with Gasteiger partial charge in [-0.2, -0.15) is 0 Å². The first-order chi connectivity index (χ1) is 16.0. The zero-order valence-electron chi connectivity index (χ0n) is 19.3. The molecule has 0 aliphatic carbocycles. The Morgan fingerprint density at radius 1 is 1.27 bits per heavy atom. The van der Waals surface area contributed by atoms with E-state index in [1.54, 1.807) is 29.8 Å². The van der Waals surface area contributed by atoms with Gasteiger partial charge in [-0.05, 0) is 48.6 Å². The summed E-state index contributed by atoms with van der Waals surface area (Å²) in [6, 6.07) is 7.31. The van der Waals surface area contributed by atoms with Gasteiger partial charge < -0.3 is 10.2 Å². The molecule has 0 radical (unpaired) electrons. The van der Waals surface area contributed by atoms with E-state index in [1.165, 1.54) is 4.90 Å². The number of amides is 4. The fraction of sp³-hybridized carbons (Fsp3) is 0.520. The van der Waals surface area contributed by atoms with Crippen LogP contribution in [0.25, 0.3) is 0 Å². The molecule has 1 N–H and O–H groups in total. The minimum atomic E-state index is -1.13. The lowest BCUT2D eigenvalue weighted by atomic mass is 9.73. The van der Waals surface area contributed by atoms with Crippen molar-refractivity contribution in [3.8, 4) is 0 Å². The van der Waals surface area contributed by atoms with Crippen molar-refractivity contribution in [1.82, 2.24) is 20.1 Å². The first kappa shape index (κ1) is 23.4. The van der Waals surface area contributed by atoms with Crippen LogP contribution in [0.3, 0.4) is 0 Å². The summed E-state index contributed by atoms with van der Waals surface area (Å²) in [4.78, 5) is 48.2. The molecule has 33 heavy (non-hydrogen) atoms. The van der Waals surface area contributed by atoms with E-state index < -0.39 is 5.54 Å². The van der Waals surface area contributed by atoms with E-state index in [0.29, 0.717) is 56.8 Å². The number of pyridine rings is 1. The standard InChI is InChI=1S/C25H32N4O3S/c1-3-18(2)16-22(30)28-12-8-19(9-13-28)25(20-6-4-11-26-17-20)23(31)29(24(32)27-25)14-10-21-7-5-15-33-21/h4-7,11,15,17-19H,3,8-10,12-14,16H2,1-2H3,(H,27,32)/t18-,25-/m0/s1. The molecule has 4 heterocycles. The first-order valence-corrected chi connectivity index (χ1v) is 12.7. The summed E-state index contributed by atoms with van der Waals surface area (Å²) < 4.78 is 0. The number of carbonyl (C=O) groups is 3. The second-order valence-electron chi connectivity index (χ2n) is 9.14. The number of imide groups is 1. The summed E-state index contributed by atoms with van der Waals surface area (Å²) in [5.41, 5.74) is -0.418. The first-order valence-electron chi connectivity index (χ1n) is 11.8. The Kier molecular flexibility index (Phi) is 7.12. The highest BCUT2D eigenvalue weighted by Gasteiger charge is 2.57. The Labute approximate surface area is 199 Å². The molecule has 4 rings (SSSR count). The molecular formula is C25H32N4O3S. The van der Waals surface area contributed by atoms with Gasteiger partial charge in [-0.25, -0.2) is 4.79 Å². The highest BCUT2D eigenvalue weighted by atomic mass is 32.1. The van der Waals surface area contributed by atoms with E-state index in [1.807, 2.05) is 28.5 Å². The van der Waals surface area contributed by atoms with Crippen LogP contribution in [-0.4, -0.2) is 52.3 Å². The van der Waals surface area contributed by atoms with Crippen molar-refractivity contribution >= 4 is 29.2 Å². The van der Waals surface area contributed by atoms with E-state index in [4.69, 9.17) is 0 Å². The van der Waals surface area contributed by atoms with E-state index in [0.717, 1.165) is 11.3 Å². The lowest BCUT2D eigenvalue weighted by molar-refractivity contribution is -0.136. The number of hydrogen-bond acceptors (Lipinski definition) is 5. The summed E-state index contributed by atoms with van der Waals surface area (Å²) >= 11 is 1.62. The predicted octanol–water partition coefficient (Wildman–Crippen LogP) is 3.81. The van der Waals surface area contributed by atoms with E-state index in [9.17, 15) is 14.4 Å².